The minimum Gasteiger partial charge on any atom is -0.455 e. The molecule has 0 radical (unpaired) electrons. The topological polar surface area (TPSA) is 69.6 Å². The summed E-state index contributed by atoms with van der Waals surface area (Å²) in [4.78, 5) is 9.46. The Hall–Kier alpha value is -4.06. The van der Waals surface area contributed by atoms with Gasteiger partial charge in [-0.3, -0.25) is 4.57 Å². The van der Waals surface area contributed by atoms with E-state index >= 15 is 0 Å². The molecule has 6 rings (SSSR count). The van der Waals surface area contributed by atoms with Gasteiger partial charge in [-0.2, -0.15) is 0 Å². The highest BCUT2D eigenvalue weighted by Gasteiger charge is 2.25. The molecule has 0 amide bonds. The number of nitrogens with zero attached hydrogens (tertiary/aromatic N) is 5. The summed E-state index contributed by atoms with van der Waals surface area (Å²) in [5.74, 6) is 1.36. The molecule has 3 heterocycles. The normalized spacial score (nSPS) is 12.1. The number of aryl methyl sites for hydroxylation is 1. The van der Waals surface area contributed by atoms with Crippen LogP contribution >= 0.6 is 0 Å². The standard InChI is InChI=1S/C29H27N5O/c1-16(2)22-13-18(5)14-23(17(3)4)25(22)34-28(32-27-29(34)33-31-15-30-27)21-11-8-10-20-19-9-6-7-12-24(19)35-26(20)21/h6-17H,1-5H3. The third-order valence-corrected chi connectivity index (χ3v) is 6.65. The van der Waals surface area contributed by atoms with Gasteiger partial charge in [-0.1, -0.05) is 75.7 Å². The SMILES string of the molecule is Cc1cc(C(C)C)c(-n2c(-c3cccc4c3oc3ccccc34)nc3ncnnc32)c(C(C)C)c1. The Morgan fingerprint density at radius 3 is 2.31 bits per heavy atom. The zero-order chi connectivity index (χ0) is 24.3. The van der Waals surface area contributed by atoms with Gasteiger partial charge in [0, 0.05) is 10.8 Å². The van der Waals surface area contributed by atoms with Gasteiger partial charge >= 0.3 is 0 Å². The Balaban J connectivity index is 1.77. The minimum atomic E-state index is 0.305. The van der Waals surface area contributed by atoms with Gasteiger partial charge in [0.15, 0.2) is 5.82 Å². The molecule has 3 aromatic heterocycles. The number of hydrogen-bond acceptors (Lipinski definition) is 5. The number of para-hydroxylation sites is 2. The lowest BCUT2D eigenvalue weighted by atomic mass is 9.90. The van der Waals surface area contributed by atoms with Crippen molar-refractivity contribution in [2.45, 2.75) is 46.5 Å². The van der Waals surface area contributed by atoms with Crippen LogP contribution in [0.3, 0.4) is 0 Å². The lowest BCUT2D eigenvalue weighted by Gasteiger charge is -2.23. The van der Waals surface area contributed by atoms with Crippen LogP contribution in [-0.2, 0) is 0 Å². The summed E-state index contributed by atoms with van der Waals surface area (Å²) in [6.45, 7) is 11.1. The zero-order valence-electron chi connectivity index (χ0n) is 20.6. The fourth-order valence-corrected chi connectivity index (χ4v) is 5.03. The largest absolute Gasteiger partial charge is 0.455 e. The van der Waals surface area contributed by atoms with Crippen molar-refractivity contribution >= 4 is 33.2 Å². The molecule has 35 heavy (non-hydrogen) atoms. The molecule has 0 spiro atoms. The van der Waals surface area contributed by atoms with Gasteiger partial charge in [0.2, 0.25) is 11.3 Å². The fraction of sp³-hybridized carbons (Fsp3) is 0.241. The Kier molecular flexibility index (Phi) is 4.92. The van der Waals surface area contributed by atoms with Gasteiger partial charge in [0.05, 0.1) is 11.3 Å². The molecular weight excluding hydrogens is 434 g/mol. The van der Waals surface area contributed by atoms with Crippen LogP contribution in [0.15, 0.2) is 65.3 Å². The second-order valence-corrected chi connectivity index (χ2v) is 9.76. The quantitative estimate of drug-likeness (QED) is 0.275. The van der Waals surface area contributed by atoms with Crippen LogP contribution in [0, 0.1) is 6.92 Å². The zero-order valence-corrected chi connectivity index (χ0v) is 20.6. The van der Waals surface area contributed by atoms with Gasteiger partial charge in [-0.25, -0.2) is 9.97 Å². The molecule has 6 heteroatoms. The van der Waals surface area contributed by atoms with E-state index in [1.165, 1.54) is 23.0 Å². The van der Waals surface area contributed by atoms with Crippen molar-refractivity contribution in [1.29, 1.82) is 0 Å². The molecule has 0 aliphatic rings. The monoisotopic (exact) mass is 461 g/mol. The first-order valence-corrected chi connectivity index (χ1v) is 12.1. The Bertz CT molecular complexity index is 1700. The summed E-state index contributed by atoms with van der Waals surface area (Å²) in [5, 5.41) is 10.8. The average molecular weight is 462 g/mol. The first-order valence-electron chi connectivity index (χ1n) is 12.1. The molecule has 174 valence electrons. The lowest BCUT2D eigenvalue weighted by molar-refractivity contribution is 0.669. The second-order valence-electron chi connectivity index (χ2n) is 9.76. The Morgan fingerprint density at radius 2 is 1.57 bits per heavy atom. The number of rotatable bonds is 4. The van der Waals surface area contributed by atoms with Crippen molar-refractivity contribution in [3.05, 3.63) is 77.6 Å². The van der Waals surface area contributed by atoms with Crippen molar-refractivity contribution in [3.63, 3.8) is 0 Å². The molecule has 0 fully saturated rings. The van der Waals surface area contributed by atoms with E-state index in [1.54, 1.807) is 0 Å². The molecule has 0 aliphatic carbocycles. The molecule has 0 atom stereocenters. The third-order valence-electron chi connectivity index (χ3n) is 6.65. The number of hydrogen-bond donors (Lipinski definition) is 0. The summed E-state index contributed by atoms with van der Waals surface area (Å²) >= 11 is 0. The number of benzene rings is 3. The molecule has 0 saturated carbocycles. The highest BCUT2D eigenvalue weighted by atomic mass is 16.3. The summed E-state index contributed by atoms with van der Waals surface area (Å²) in [5.41, 5.74) is 8.62. The molecule has 6 aromatic rings. The van der Waals surface area contributed by atoms with Crippen LogP contribution in [0.1, 0.15) is 56.2 Å². The van der Waals surface area contributed by atoms with Crippen molar-refractivity contribution in [2.24, 2.45) is 0 Å². The molecule has 0 aliphatic heterocycles. The van der Waals surface area contributed by atoms with Crippen LogP contribution in [0.4, 0.5) is 0 Å². The molecule has 0 unspecified atom stereocenters. The highest BCUT2D eigenvalue weighted by Crippen LogP contribution is 2.40. The van der Waals surface area contributed by atoms with Crippen LogP contribution in [0.5, 0.6) is 0 Å². The summed E-state index contributed by atoms with van der Waals surface area (Å²) < 4.78 is 8.53. The highest BCUT2D eigenvalue weighted by molar-refractivity contribution is 6.09. The maximum atomic E-state index is 6.39. The van der Waals surface area contributed by atoms with E-state index < -0.39 is 0 Å². The molecule has 0 N–H and O–H groups in total. The van der Waals surface area contributed by atoms with E-state index in [-0.39, 0.29) is 0 Å². The van der Waals surface area contributed by atoms with Gasteiger partial charge in [-0.05, 0) is 42.0 Å². The third kappa shape index (κ3) is 3.32. The van der Waals surface area contributed by atoms with Gasteiger partial charge < -0.3 is 4.42 Å². The number of furan rings is 1. The molecule has 0 bridgehead atoms. The van der Waals surface area contributed by atoms with E-state index in [0.717, 1.165) is 39.0 Å². The summed E-state index contributed by atoms with van der Waals surface area (Å²) in [6, 6.07) is 18.9. The van der Waals surface area contributed by atoms with E-state index in [0.29, 0.717) is 23.1 Å². The van der Waals surface area contributed by atoms with Gasteiger partial charge in [-0.15, -0.1) is 10.2 Å². The van der Waals surface area contributed by atoms with Crippen molar-refractivity contribution in [1.82, 2.24) is 24.7 Å². The van der Waals surface area contributed by atoms with Crippen molar-refractivity contribution in [3.8, 4) is 17.1 Å². The molecular formula is C29H27N5O. The maximum absolute atomic E-state index is 6.39. The molecule has 3 aromatic carbocycles. The van der Waals surface area contributed by atoms with Crippen LogP contribution in [-0.4, -0.2) is 24.7 Å². The Labute approximate surface area is 203 Å². The number of imidazole rings is 1. The first kappa shape index (κ1) is 21.5. The van der Waals surface area contributed by atoms with E-state index in [4.69, 9.17) is 9.40 Å². The molecule has 6 nitrogen and oxygen atoms in total. The molecule has 0 saturated heterocycles. The summed E-state index contributed by atoms with van der Waals surface area (Å²) in [6.07, 6.45) is 1.45. The smallest absolute Gasteiger partial charge is 0.206 e. The van der Waals surface area contributed by atoms with E-state index in [2.05, 4.69) is 90.8 Å². The minimum absolute atomic E-state index is 0.305. The number of fused-ring (bicyclic) bond motifs is 4. The lowest BCUT2D eigenvalue weighted by Crippen LogP contribution is -2.10. The first-order chi connectivity index (χ1) is 16.9. The fourth-order valence-electron chi connectivity index (χ4n) is 5.03. The Morgan fingerprint density at radius 1 is 0.857 bits per heavy atom. The van der Waals surface area contributed by atoms with Crippen molar-refractivity contribution < 1.29 is 4.42 Å². The summed E-state index contributed by atoms with van der Waals surface area (Å²) in [7, 11) is 0. The van der Waals surface area contributed by atoms with E-state index in [9.17, 15) is 0 Å². The maximum Gasteiger partial charge on any atom is 0.206 e. The second kappa shape index (κ2) is 8.01. The van der Waals surface area contributed by atoms with Crippen LogP contribution in [0.25, 0.3) is 50.3 Å². The predicted molar refractivity (Wildman–Crippen MR) is 140 cm³/mol. The van der Waals surface area contributed by atoms with Crippen molar-refractivity contribution in [2.75, 3.05) is 0 Å². The average Bonchev–Trinajstić information content (AvgIpc) is 3.42. The van der Waals surface area contributed by atoms with Gasteiger partial charge in [0.25, 0.3) is 0 Å². The van der Waals surface area contributed by atoms with Crippen LogP contribution < -0.4 is 0 Å². The van der Waals surface area contributed by atoms with Gasteiger partial charge in [0.1, 0.15) is 17.5 Å². The van der Waals surface area contributed by atoms with Crippen LogP contribution in [0.2, 0.25) is 0 Å². The van der Waals surface area contributed by atoms with E-state index in [1.807, 2.05) is 18.2 Å². The number of aromatic nitrogens is 5. The predicted octanol–water partition coefficient (Wildman–Crippen LogP) is 7.33.